The average molecular weight is 226 g/mol. The van der Waals surface area contributed by atoms with Crippen LogP contribution in [0.4, 0.5) is 5.69 Å². The predicted molar refractivity (Wildman–Crippen MR) is 59.6 cm³/mol. The number of aliphatic carboxylic acids is 1. The van der Waals surface area contributed by atoms with Crippen LogP contribution in [0.3, 0.4) is 0 Å². The number of benzene rings is 1. The van der Waals surface area contributed by atoms with Gasteiger partial charge in [-0.2, -0.15) is 0 Å². The Balaban J connectivity index is 2.45. The first-order chi connectivity index (χ1) is 7.15. The highest BCUT2D eigenvalue weighted by molar-refractivity contribution is 6.32. The van der Waals surface area contributed by atoms with E-state index in [9.17, 15) is 4.79 Å². The Morgan fingerprint density at radius 3 is 3.00 bits per heavy atom. The van der Waals surface area contributed by atoms with Gasteiger partial charge >= 0.3 is 5.97 Å². The van der Waals surface area contributed by atoms with Gasteiger partial charge < -0.3 is 10.0 Å². The van der Waals surface area contributed by atoms with Gasteiger partial charge in [-0.3, -0.25) is 0 Å². The quantitative estimate of drug-likeness (QED) is 0.839. The van der Waals surface area contributed by atoms with E-state index in [2.05, 4.69) is 0 Å². The number of nitrogens with zero attached hydrogens (tertiary/aromatic N) is 1. The average Bonchev–Trinajstić information content (AvgIpc) is 2.57. The summed E-state index contributed by atoms with van der Waals surface area (Å²) in [7, 11) is 0. The highest BCUT2D eigenvalue weighted by Crippen LogP contribution is 2.36. The molecule has 0 saturated carbocycles. The minimum Gasteiger partial charge on any atom is -0.480 e. The van der Waals surface area contributed by atoms with Crippen molar-refractivity contribution in [2.45, 2.75) is 19.4 Å². The number of halogens is 1. The van der Waals surface area contributed by atoms with E-state index in [4.69, 9.17) is 16.7 Å². The molecule has 0 saturated heterocycles. The van der Waals surface area contributed by atoms with Crippen molar-refractivity contribution in [2.24, 2.45) is 0 Å². The van der Waals surface area contributed by atoms with Crippen LogP contribution in [0.1, 0.15) is 12.5 Å². The van der Waals surface area contributed by atoms with Gasteiger partial charge in [-0.1, -0.05) is 17.7 Å². The summed E-state index contributed by atoms with van der Waals surface area (Å²) in [6.07, 6.45) is 0.498. The van der Waals surface area contributed by atoms with Crippen molar-refractivity contribution in [1.82, 2.24) is 0 Å². The molecule has 0 amide bonds. The number of fused-ring (bicyclic) bond motifs is 1. The molecule has 15 heavy (non-hydrogen) atoms. The highest BCUT2D eigenvalue weighted by Gasteiger charge is 2.34. The number of hydrogen-bond acceptors (Lipinski definition) is 2. The fourth-order valence-corrected chi connectivity index (χ4v) is 2.35. The monoisotopic (exact) mass is 225 g/mol. The van der Waals surface area contributed by atoms with E-state index < -0.39 is 12.0 Å². The lowest BCUT2D eigenvalue weighted by Gasteiger charge is -2.22. The zero-order chi connectivity index (χ0) is 11.0. The molecule has 1 atom stereocenters. The van der Waals surface area contributed by atoms with Gasteiger partial charge in [0.2, 0.25) is 0 Å². The molecule has 2 rings (SSSR count). The van der Waals surface area contributed by atoms with Crippen molar-refractivity contribution < 1.29 is 9.90 Å². The summed E-state index contributed by atoms with van der Waals surface area (Å²) >= 11 is 6.04. The molecule has 3 nitrogen and oxygen atoms in total. The van der Waals surface area contributed by atoms with E-state index in [0.29, 0.717) is 18.0 Å². The molecule has 1 aliphatic heterocycles. The lowest BCUT2D eigenvalue weighted by molar-refractivity contribution is -0.138. The van der Waals surface area contributed by atoms with Crippen LogP contribution < -0.4 is 4.90 Å². The maximum atomic E-state index is 11.1. The molecule has 1 N–H and O–H groups in total. The molecule has 0 fully saturated rings. The second-order valence-corrected chi connectivity index (χ2v) is 3.99. The van der Waals surface area contributed by atoms with Crippen LogP contribution >= 0.6 is 11.6 Å². The van der Waals surface area contributed by atoms with E-state index in [0.717, 1.165) is 11.3 Å². The predicted octanol–water partition coefficient (Wildman–Crippen LogP) is 2.18. The number of rotatable bonds is 2. The first-order valence-electron chi connectivity index (χ1n) is 4.92. The number of carbonyl (C=O) groups is 1. The number of anilines is 1. The van der Waals surface area contributed by atoms with Crippen molar-refractivity contribution in [3.8, 4) is 0 Å². The molecule has 1 aliphatic rings. The summed E-state index contributed by atoms with van der Waals surface area (Å²) in [6.45, 7) is 2.64. The molecule has 80 valence electrons. The normalized spacial score (nSPS) is 19.1. The van der Waals surface area contributed by atoms with Gasteiger partial charge in [0.1, 0.15) is 6.04 Å². The molecule has 4 heteroatoms. The van der Waals surface area contributed by atoms with Crippen molar-refractivity contribution >= 4 is 23.3 Å². The van der Waals surface area contributed by atoms with Crippen LogP contribution in [0.2, 0.25) is 5.02 Å². The maximum Gasteiger partial charge on any atom is 0.326 e. The highest BCUT2D eigenvalue weighted by atomic mass is 35.5. The largest absolute Gasteiger partial charge is 0.480 e. The molecule has 0 aliphatic carbocycles. The van der Waals surface area contributed by atoms with Crippen LogP contribution in [0.5, 0.6) is 0 Å². The van der Waals surface area contributed by atoms with Gasteiger partial charge in [0.05, 0.1) is 0 Å². The van der Waals surface area contributed by atoms with Crippen LogP contribution in [-0.2, 0) is 11.2 Å². The number of carboxylic acid groups (broad SMARTS) is 1. The van der Waals surface area contributed by atoms with E-state index in [1.807, 2.05) is 24.0 Å². The standard InChI is InChI=1S/C11H12ClNO2/c1-2-13-9-5-3-4-8(12)7(9)6-10(13)11(14)15/h3-5,10H,2,6H2,1H3,(H,14,15). The van der Waals surface area contributed by atoms with E-state index in [-0.39, 0.29) is 0 Å². The third kappa shape index (κ3) is 1.57. The molecule has 1 unspecified atom stereocenters. The van der Waals surface area contributed by atoms with Crippen molar-refractivity contribution in [1.29, 1.82) is 0 Å². The molecular formula is C11H12ClNO2. The Morgan fingerprint density at radius 1 is 1.67 bits per heavy atom. The van der Waals surface area contributed by atoms with Gasteiger partial charge in [0, 0.05) is 23.7 Å². The molecule has 0 spiro atoms. The van der Waals surface area contributed by atoms with Gasteiger partial charge in [-0.25, -0.2) is 4.79 Å². The topological polar surface area (TPSA) is 40.5 Å². The number of hydrogen-bond donors (Lipinski definition) is 1. The molecule has 1 aromatic carbocycles. The van der Waals surface area contributed by atoms with E-state index >= 15 is 0 Å². The molecule has 0 aromatic heterocycles. The first-order valence-corrected chi connectivity index (χ1v) is 5.29. The minimum atomic E-state index is -0.788. The smallest absolute Gasteiger partial charge is 0.326 e. The van der Waals surface area contributed by atoms with Gasteiger partial charge in [0.15, 0.2) is 0 Å². The second kappa shape index (κ2) is 3.74. The number of carboxylic acids is 1. The second-order valence-electron chi connectivity index (χ2n) is 3.58. The first kappa shape index (κ1) is 10.3. The van der Waals surface area contributed by atoms with Crippen molar-refractivity contribution in [3.05, 3.63) is 28.8 Å². The lowest BCUT2D eigenvalue weighted by Crippen LogP contribution is -2.38. The summed E-state index contributed by atoms with van der Waals surface area (Å²) in [5.41, 5.74) is 1.91. The van der Waals surface area contributed by atoms with Crippen LogP contribution in [-0.4, -0.2) is 23.7 Å². The molecule has 1 heterocycles. The van der Waals surface area contributed by atoms with Crippen LogP contribution in [0, 0.1) is 0 Å². The summed E-state index contributed by atoms with van der Waals surface area (Å²) in [4.78, 5) is 12.9. The Morgan fingerprint density at radius 2 is 2.40 bits per heavy atom. The van der Waals surface area contributed by atoms with Crippen LogP contribution in [0.25, 0.3) is 0 Å². The van der Waals surface area contributed by atoms with E-state index in [1.165, 1.54) is 0 Å². The number of likely N-dealkylation sites (N-methyl/N-ethyl adjacent to an activating group) is 1. The van der Waals surface area contributed by atoms with Gasteiger partial charge in [-0.05, 0) is 24.6 Å². The lowest BCUT2D eigenvalue weighted by atomic mass is 10.1. The fourth-order valence-electron chi connectivity index (χ4n) is 2.10. The third-order valence-electron chi connectivity index (χ3n) is 2.80. The zero-order valence-electron chi connectivity index (χ0n) is 8.40. The summed E-state index contributed by atoms with van der Waals surface area (Å²) in [6, 6.07) is 5.12. The summed E-state index contributed by atoms with van der Waals surface area (Å²) in [5, 5.41) is 9.75. The Labute approximate surface area is 93.3 Å². The molecule has 0 bridgehead atoms. The van der Waals surface area contributed by atoms with Crippen molar-refractivity contribution in [3.63, 3.8) is 0 Å². The molecule has 0 radical (unpaired) electrons. The maximum absolute atomic E-state index is 11.1. The Hall–Kier alpha value is -1.22. The van der Waals surface area contributed by atoms with E-state index in [1.54, 1.807) is 6.07 Å². The zero-order valence-corrected chi connectivity index (χ0v) is 9.16. The summed E-state index contributed by atoms with van der Waals surface area (Å²) < 4.78 is 0. The Bertz CT molecular complexity index is 406. The van der Waals surface area contributed by atoms with Crippen LogP contribution in [0.15, 0.2) is 18.2 Å². The molecular weight excluding hydrogens is 214 g/mol. The van der Waals surface area contributed by atoms with Gasteiger partial charge in [-0.15, -0.1) is 0 Å². The van der Waals surface area contributed by atoms with Crippen molar-refractivity contribution in [2.75, 3.05) is 11.4 Å². The fraction of sp³-hybridized carbons (Fsp3) is 0.364. The molecule has 1 aromatic rings. The third-order valence-corrected chi connectivity index (χ3v) is 3.16. The summed E-state index contributed by atoms with van der Waals surface area (Å²) in [5.74, 6) is -0.788. The van der Waals surface area contributed by atoms with Gasteiger partial charge in [0.25, 0.3) is 0 Å². The minimum absolute atomic E-state index is 0.468. The SMILES string of the molecule is CCN1c2cccc(Cl)c2CC1C(=O)O. The Kier molecular flexibility index (Phi) is 2.57.